The maximum absolute atomic E-state index is 4.87. The summed E-state index contributed by atoms with van der Waals surface area (Å²) in [6, 6.07) is 34.0. The molecule has 0 fully saturated rings. The molecule has 0 aliphatic carbocycles. The Morgan fingerprint density at radius 3 is 1.92 bits per heavy atom. The molecule has 0 aliphatic rings. The molecule has 0 bridgehead atoms. The number of hydrogen-bond donors (Lipinski definition) is 0. The zero-order valence-corrected chi connectivity index (χ0v) is 14.3. The van der Waals surface area contributed by atoms with E-state index >= 15 is 0 Å². The molecule has 0 amide bonds. The van der Waals surface area contributed by atoms with Gasteiger partial charge in [-0.3, -0.25) is 4.98 Å². The zero-order valence-electron chi connectivity index (χ0n) is 14.3. The smallest absolute Gasteiger partial charge is 0.0786 e. The Balaban J connectivity index is 1.93. The molecular weight excluding hydrogens is 314 g/mol. The second-order valence-corrected chi connectivity index (χ2v) is 6.46. The van der Waals surface area contributed by atoms with Gasteiger partial charge in [-0.05, 0) is 16.5 Å². The Labute approximate surface area is 152 Å². The van der Waals surface area contributed by atoms with Crippen LogP contribution in [0.2, 0.25) is 0 Å². The average molecular weight is 331 g/mol. The van der Waals surface area contributed by atoms with Gasteiger partial charge >= 0.3 is 0 Å². The van der Waals surface area contributed by atoms with E-state index in [9.17, 15) is 0 Å². The van der Waals surface area contributed by atoms with Gasteiger partial charge in [-0.2, -0.15) is 0 Å². The molecule has 5 rings (SSSR count). The first-order valence-electron chi connectivity index (χ1n) is 8.83. The quantitative estimate of drug-likeness (QED) is 0.327. The summed E-state index contributed by atoms with van der Waals surface area (Å²) in [5, 5.41) is 3.61. The lowest BCUT2D eigenvalue weighted by molar-refractivity contribution is 1.42. The van der Waals surface area contributed by atoms with Crippen molar-refractivity contribution >= 4 is 21.7 Å². The van der Waals surface area contributed by atoms with Crippen molar-refractivity contribution in [2.45, 2.75) is 0 Å². The SMILES string of the molecule is c1ccc(-c2cnc3c(ccc4ccccc43)c2-c2ccccc2)cc1. The summed E-state index contributed by atoms with van der Waals surface area (Å²) >= 11 is 0. The van der Waals surface area contributed by atoms with E-state index in [0.717, 1.165) is 5.52 Å². The fourth-order valence-corrected chi connectivity index (χ4v) is 3.69. The average Bonchev–Trinajstić information content (AvgIpc) is 2.74. The van der Waals surface area contributed by atoms with Crippen LogP contribution in [0.15, 0.2) is 103 Å². The second-order valence-electron chi connectivity index (χ2n) is 6.46. The highest BCUT2D eigenvalue weighted by Crippen LogP contribution is 2.38. The van der Waals surface area contributed by atoms with Crippen LogP contribution in [0.5, 0.6) is 0 Å². The van der Waals surface area contributed by atoms with Gasteiger partial charge < -0.3 is 0 Å². The fraction of sp³-hybridized carbons (Fsp3) is 0. The number of aromatic nitrogens is 1. The molecular formula is C25H17N. The van der Waals surface area contributed by atoms with Gasteiger partial charge in [0, 0.05) is 28.1 Å². The molecule has 4 aromatic carbocycles. The molecule has 0 saturated heterocycles. The van der Waals surface area contributed by atoms with Crippen molar-refractivity contribution in [1.29, 1.82) is 0 Å². The maximum Gasteiger partial charge on any atom is 0.0786 e. The third-order valence-corrected chi connectivity index (χ3v) is 4.91. The van der Waals surface area contributed by atoms with Crippen LogP contribution in [0.25, 0.3) is 43.9 Å². The molecule has 5 aromatic rings. The summed E-state index contributed by atoms with van der Waals surface area (Å²) < 4.78 is 0. The molecule has 0 atom stereocenters. The lowest BCUT2D eigenvalue weighted by Crippen LogP contribution is -1.91. The van der Waals surface area contributed by atoms with Crippen molar-refractivity contribution in [3.05, 3.63) is 103 Å². The highest BCUT2D eigenvalue weighted by atomic mass is 14.7. The van der Waals surface area contributed by atoms with Crippen LogP contribution < -0.4 is 0 Å². The Morgan fingerprint density at radius 1 is 0.500 bits per heavy atom. The van der Waals surface area contributed by atoms with E-state index in [1.807, 2.05) is 12.3 Å². The third-order valence-electron chi connectivity index (χ3n) is 4.91. The second kappa shape index (κ2) is 6.12. The molecule has 0 spiro atoms. The number of hydrogen-bond acceptors (Lipinski definition) is 1. The molecule has 0 saturated carbocycles. The summed E-state index contributed by atoms with van der Waals surface area (Å²) in [5.74, 6) is 0. The number of nitrogens with zero attached hydrogens (tertiary/aromatic N) is 1. The normalized spacial score (nSPS) is 11.1. The lowest BCUT2D eigenvalue weighted by atomic mass is 9.91. The lowest BCUT2D eigenvalue weighted by Gasteiger charge is -2.14. The van der Waals surface area contributed by atoms with E-state index in [0.29, 0.717) is 0 Å². The Hall–Kier alpha value is -3.45. The van der Waals surface area contributed by atoms with Crippen LogP contribution in [0.1, 0.15) is 0 Å². The van der Waals surface area contributed by atoms with Crippen molar-refractivity contribution in [1.82, 2.24) is 4.98 Å². The van der Waals surface area contributed by atoms with Crippen LogP contribution in [0.4, 0.5) is 0 Å². The van der Waals surface area contributed by atoms with E-state index < -0.39 is 0 Å². The van der Waals surface area contributed by atoms with Gasteiger partial charge in [-0.25, -0.2) is 0 Å². The van der Waals surface area contributed by atoms with Crippen molar-refractivity contribution < 1.29 is 0 Å². The van der Waals surface area contributed by atoms with Crippen molar-refractivity contribution in [2.24, 2.45) is 0 Å². The Morgan fingerprint density at radius 2 is 1.15 bits per heavy atom. The molecule has 1 aromatic heterocycles. The van der Waals surface area contributed by atoms with Crippen molar-refractivity contribution in [3.8, 4) is 22.3 Å². The van der Waals surface area contributed by atoms with Crippen LogP contribution in [-0.2, 0) is 0 Å². The molecule has 122 valence electrons. The minimum Gasteiger partial charge on any atom is -0.255 e. The van der Waals surface area contributed by atoms with E-state index in [4.69, 9.17) is 4.98 Å². The molecule has 1 heterocycles. The number of pyridine rings is 1. The largest absolute Gasteiger partial charge is 0.255 e. The Bertz CT molecular complexity index is 1210. The van der Waals surface area contributed by atoms with Gasteiger partial charge in [0.1, 0.15) is 0 Å². The van der Waals surface area contributed by atoms with Gasteiger partial charge in [0.25, 0.3) is 0 Å². The first kappa shape index (κ1) is 14.9. The van der Waals surface area contributed by atoms with Crippen LogP contribution in [-0.4, -0.2) is 4.98 Å². The van der Waals surface area contributed by atoms with E-state index in [-0.39, 0.29) is 0 Å². The number of benzene rings is 4. The molecule has 0 aliphatic heterocycles. The molecule has 1 heteroatoms. The maximum atomic E-state index is 4.87. The predicted molar refractivity (Wildman–Crippen MR) is 110 cm³/mol. The van der Waals surface area contributed by atoms with E-state index in [1.54, 1.807) is 0 Å². The zero-order chi connectivity index (χ0) is 17.3. The number of fused-ring (bicyclic) bond motifs is 3. The molecule has 1 nitrogen and oxygen atoms in total. The third kappa shape index (κ3) is 2.37. The summed E-state index contributed by atoms with van der Waals surface area (Å²) in [7, 11) is 0. The van der Waals surface area contributed by atoms with Crippen LogP contribution >= 0.6 is 0 Å². The predicted octanol–water partition coefficient (Wildman–Crippen LogP) is 6.72. The molecule has 26 heavy (non-hydrogen) atoms. The first-order valence-corrected chi connectivity index (χ1v) is 8.83. The summed E-state index contributed by atoms with van der Waals surface area (Å²) in [6.45, 7) is 0. The number of rotatable bonds is 2. The molecule has 0 radical (unpaired) electrons. The minimum absolute atomic E-state index is 1.06. The van der Waals surface area contributed by atoms with Gasteiger partial charge in [0.05, 0.1) is 5.52 Å². The first-order chi connectivity index (χ1) is 12.9. The monoisotopic (exact) mass is 331 g/mol. The van der Waals surface area contributed by atoms with Gasteiger partial charge in [0.15, 0.2) is 0 Å². The highest BCUT2D eigenvalue weighted by Gasteiger charge is 2.14. The molecule has 0 N–H and O–H groups in total. The Kier molecular flexibility index (Phi) is 3.50. The topological polar surface area (TPSA) is 12.9 Å². The van der Waals surface area contributed by atoms with E-state index in [2.05, 4.69) is 91.0 Å². The van der Waals surface area contributed by atoms with Crippen molar-refractivity contribution in [2.75, 3.05) is 0 Å². The molecule has 0 unspecified atom stereocenters. The van der Waals surface area contributed by atoms with Gasteiger partial charge in [-0.15, -0.1) is 0 Å². The van der Waals surface area contributed by atoms with Crippen LogP contribution in [0.3, 0.4) is 0 Å². The minimum atomic E-state index is 1.06. The standard InChI is InChI=1S/C25H17N/c1-3-9-18(10-4-1)23-17-26-25-21-14-8-7-11-19(21)15-16-22(25)24(23)20-12-5-2-6-13-20/h1-17H. The van der Waals surface area contributed by atoms with E-state index in [1.165, 1.54) is 38.4 Å². The summed E-state index contributed by atoms with van der Waals surface area (Å²) in [5.41, 5.74) is 5.87. The summed E-state index contributed by atoms with van der Waals surface area (Å²) in [6.07, 6.45) is 2.02. The van der Waals surface area contributed by atoms with Gasteiger partial charge in [0.2, 0.25) is 0 Å². The fourth-order valence-electron chi connectivity index (χ4n) is 3.69. The highest BCUT2D eigenvalue weighted by molar-refractivity contribution is 6.12. The van der Waals surface area contributed by atoms with Crippen LogP contribution in [0, 0.1) is 0 Å². The van der Waals surface area contributed by atoms with Gasteiger partial charge in [-0.1, -0.05) is 97.1 Å². The van der Waals surface area contributed by atoms with Crippen molar-refractivity contribution in [3.63, 3.8) is 0 Å². The summed E-state index contributed by atoms with van der Waals surface area (Å²) in [4.78, 5) is 4.87.